The Labute approximate surface area is 91.0 Å². The van der Waals surface area contributed by atoms with Crippen LogP contribution in [-0.4, -0.2) is 35.3 Å². The van der Waals surface area contributed by atoms with Gasteiger partial charge in [0, 0.05) is 19.5 Å². The van der Waals surface area contributed by atoms with Gasteiger partial charge in [0.05, 0.1) is 0 Å². The van der Waals surface area contributed by atoms with Crippen LogP contribution in [0.3, 0.4) is 0 Å². The van der Waals surface area contributed by atoms with Crippen LogP contribution in [0.5, 0.6) is 0 Å². The van der Waals surface area contributed by atoms with Crippen molar-refractivity contribution in [3.63, 3.8) is 0 Å². The van der Waals surface area contributed by atoms with Crippen LogP contribution < -0.4 is 5.32 Å². The molecule has 1 fully saturated rings. The Hall–Kier alpha value is -1.06. The first-order chi connectivity index (χ1) is 7.09. The van der Waals surface area contributed by atoms with Gasteiger partial charge in [-0.3, -0.25) is 9.59 Å². The second-order valence-corrected chi connectivity index (χ2v) is 3.97. The largest absolute Gasteiger partial charge is 0.342 e. The first-order valence-electron chi connectivity index (χ1n) is 5.70. The SMILES string of the molecule is CCN1CCC(=O)NC(CC)(CC)C1=O. The van der Waals surface area contributed by atoms with E-state index in [4.69, 9.17) is 0 Å². The minimum Gasteiger partial charge on any atom is -0.342 e. The van der Waals surface area contributed by atoms with Crippen LogP contribution in [0.1, 0.15) is 40.0 Å². The normalized spacial score (nSPS) is 21.1. The molecule has 0 bridgehead atoms. The Morgan fingerprint density at radius 3 is 2.33 bits per heavy atom. The topological polar surface area (TPSA) is 49.4 Å². The predicted octanol–water partition coefficient (Wildman–Crippen LogP) is 0.914. The summed E-state index contributed by atoms with van der Waals surface area (Å²) in [5.74, 6) is 0.0591. The predicted molar refractivity (Wildman–Crippen MR) is 58.3 cm³/mol. The molecule has 4 nitrogen and oxygen atoms in total. The van der Waals surface area contributed by atoms with Gasteiger partial charge in [0.2, 0.25) is 11.8 Å². The standard InChI is InChI=1S/C11H20N2O2/c1-4-11(5-2)10(15)13(6-3)8-7-9(14)12-11/h4-8H2,1-3H3,(H,12,14). The van der Waals surface area contributed by atoms with Crippen molar-refractivity contribution >= 4 is 11.8 Å². The number of hydrogen-bond acceptors (Lipinski definition) is 2. The number of carbonyl (C=O) groups is 2. The van der Waals surface area contributed by atoms with Crippen molar-refractivity contribution in [3.8, 4) is 0 Å². The van der Waals surface area contributed by atoms with Gasteiger partial charge in [-0.15, -0.1) is 0 Å². The second-order valence-electron chi connectivity index (χ2n) is 3.97. The zero-order valence-electron chi connectivity index (χ0n) is 9.80. The summed E-state index contributed by atoms with van der Waals surface area (Å²) in [4.78, 5) is 25.5. The quantitative estimate of drug-likeness (QED) is 0.756. The maximum atomic E-state index is 12.2. The molecule has 0 saturated carbocycles. The lowest BCUT2D eigenvalue weighted by atomic mass is 9.91. The Morgan fingerprint density at radius 1 is 1.27 bits per heavy atom. The molecular formula is C11H20N2O2. The average molecular weight is 212 g/mol. The fourth-order valence-electron chi connectivity index (χ4n) is 2.05. The third-order valence-corrected chi connectivity index (χ3v) is 3.27. The highest BCUT2D eigenvalue weighted by Crippen LogP contribution is 2.21. The average Bonchev–Trinajstić information content (AvgIpc) is 2.37. The number of nitrogens with zero attached hydrogens (tertiary/aromatic N) is 1. The molecule has 0 spiro atoms. The summed E-state index contributed by atoms with van der Waals surface area (Å²) in [5, 5.41) is 2.88. The van der Waals surface area contributed by atoms with Gasteiger partial charge < -0.3 is 10.2 Å². The molecular weight excluding hydrogens is 192 g/mol. The van der Waals surface area contributed by atoms with E-state index in [0.717, 1.165) is 0 Å². The van der Waals surface area contributed by atoms with E-state index < -0.39 is 5.54 Å². The number of likely N-dealkylation sites (N-methyl/N-ethyl adjacent to an activating group) is 1. The highest BCUT2D eigenvalue weighted by Gasteiger charge is 2.41. The van der Waals surface area contributed by atoms with E-state index >= 15 is 0 Å². The maximum Gasteiger partial charge on any atom is 0.248 e. The molecule has 4 heteroatoms. The molecule has 0 radical (unpaired) electrons. The first-order valence-corrected chi connectivity index (χ1v) is 5.70. The van der Waals surface area contributed by atoms with E-state index in [2.05, 4.69) is 5.32 Å². The van der Waals surface area contributed by atoms with Gasteiger partial charge in [-0.2, -0.15) is 0 Å². The molecule has 0 aromatic heterocycles. The lowest BCUT2D eigenvalue weighted by molar-refractivity contribution is -0.139. The highest BCUT2D eigenvalue weighted by molar-refractivity contribution is 5.93. The van der Waals surface area contributed by atoms with Crippen LogP contribution >= 0.6 is 0 Å². The molecule has 0 aromatic rings. The molecule has 0 aliphatic carbocycles. The molecule has 1 rings (SSSR count). The highest BCUT2D eigenvalue weighted by atomic mass is 16.2. The number of amides is 2. The smallest absolute Gasteiger partial charge is 0.248 e. The van der Waals surface area contributed by atoms with Gasteiger partial charge in [0.1, 0.15) is 5.54 Å². The molecule has 2 amide bonds. The lowest BCUT2D eigenvalue weighted by Gasteiger charge is -2.33. The van der Waals surface area contributed by atoms with Crippen LogP contribution in [0.25, 0.3) is 0 Å². The molecule has 1 heterocycles. The van der Waals surface area contributed by atoms with E-state index in [-0.39, 0.29) is 11.8 Å². The Kier molecular flexibility index (Phi) is 3.72. The van der Waals surface area contributed by atoms with E-state index in [1.165, 1.54) is 0 Å². The van der Waals surface area contributed by atoms with Gasteiger partial charge in [-0.25, -0.2) is 0 Å². The molecule has 1 aliphatic heterocycles. The first kappa shape index (κ1) is 12.0. The number of hydrogen-bond donors (Lipinski definition) is 1. The minimum absolute atomic E-state index is 0.0111. The fraction of sp³-hybridized carbons (Fsp3) is 0.818. The van der Waals surface area contributed by atoms with Crippen molar-refractivity contribution < 1.29 is 9.59 Å². The van der Waals surface area contributed by atoms with Gasteiger partial charge in [0.25, 0.3) is 0 Å². The molecule has 86 valence electrons. The maximum absolute atomic E-state index is 12.2. The zero-order chi connectivity index (χ0) is 11.5. The second kappa shape index (κ2) is 4.64. The van der Waals surface area contributed by atoms with E-state index in [1.54, 1.807) is 4.90 Å². The summed E-state index contributed by atoms with van der Waals surface area (Å²) in [6.45, 7) is 7.06. The number of nitrogens with one attached hydrogen (secondary N) is 1. The van der Waals surface area contributed by atoms with Gasteiger partial charge in [-0.05, 0) is 19.8 Å². The van der Waals surface area contributed by atoms with E-state index in [0.29, 0.717) is 32.4 Å². The summed E-state index contributed by atoms with van der Waals surface area (Å²) >= 11 is 0. The van der Waals surface area contributed by atoms with E-state index in [9.17, 15) is 9.59 Å². The molecule has 1 aliphatic rings. The van der Waals surface area contributed by atoms with E-state index in [1.807, 2.05) is 20.8 Å². The summed E-state index contributed by atoms with van der Waals surface area (Å²) < 4.78 is 0. The summed E-state index contributed by atoms with van der Waals surface area (Å²) in [6.07, 6.45) is 1.73. The molecule has 15 heavy (non-hydrogen) atoms. The van der Waals surface area contributed by atoms with Gasteiger partial charge in [-0.1, -0.05) is 13.8 Å². The monoisotopic (exact) mass is 212 g/mol. The van der Waals surface area contributed by atoms with Crippen LogP contribution in [0.4, 0.5) is 0 Å². The molecule has 1 N–H and O–H groups in total. The van der Waals surface area contributed by atoms with Crippen molar-refractivity contribution in [3.05, 3.63) is 0 Å². The third-order valence-electron chi connectivity index (χ3n) is 3.27. The third kappa shape index (κ3) is 2.13. The number of carbonyl (C=O) groups excluding carboxylic acids is 2. The Bertz CT molecular complexity index is 259. The molecule has 0 aromatic carbocycles. The van der Waals surface area contributed by atoms with Crippen LogP contribution in [-0.2, 0) is 9.59 Å². The van der Waals surface area contributed by atoms with Crippen LogP contribution in [0.15, 0.2) is 0 Å². The van der Waals surface area contributed by atoms with Crippen molar-refractivity contribution in [1.29, 1.82) is 0 Å². The van der Waals surface area contributed by atoms with Crippen molar-refractivity contribution in [2.75, 3.05) is 13.1 Å². The van der Waals surface area contributed by atoms with Crippen LogP contribution in [0, 0.1) is 0 Å². The minimum atomic E-state index is -0.663. The summed E-state index contributed by atoms with van der Waals surface area (Å²) in [6, 6.07) is 0. The lowest BCUT2D eigenvalue weighted by Crippen LogP contribution is -2.56. The van der Waals surface area contributed by atoms with Crippen molar-refractivity contribution in [1.82, 2.24) is 10.2 Å². The fourth-order valence-corrected chi connectivity index (χ4v) is 2.05. The Morgan fingerprint density at radius 2 is 1.87 bits per heavy atom. The molecule has 1 saturated heterocycles. The van der Waals surface area contributed by atoms with Gasteiger partial charge in [0.15, 0.2) is 0 Å². The number of rotatable bonds is 3. The van der Waals surface area contributed by atoms with Crippen molar-refractivity contribution in [2.24, 2.45) is 0 Å². The molecule has 0 atom stereocenters. The zero-order valence-corrected chi connectivity index (χ0v) is 9.80. The van der Waals surface area contributed by atoms with Crippen molar-refractivity contribution in [2.45, 2.75) is 45.6 Å². The summed E-state index contributed by atoms with van der Waals surface area (Å²) in [7, 11) is 0. The van der Waals surface area contributed by atoms with Gasteiger partial charge >= 0.3 is 0 Å². The summed E-state index contributed by atoms with van der Waals surface area (Å²) in [5.41, 5.74) is -0.663. The molecule has 0 unspecified atom stereocenters. The Balaban J connectivity index is 2.99. The van der Waals surface area contributed by atoms with Crippen LogP contribution in [0.2, 0.25) is 0 Å².